The summed E-state index contributed by atoms with van der Waals surface area (Å²) < 4.78 is 38.5. The summed E-state index contributed by atoms with van der Waals surface area (Å²) in [7, 11) is 3.35. The monoisotopic (exact) mass is 394 g/mol. The van der Waals surface area contributed by atoms with Crippen molar-refractivity contribution in [2.24, 2.45) is 5.41 Å². The highest BCUT2D eigenvalue weighted by Gasteiger charge is 2.46. The number of alkyl halides is 3. The Morgan fingerprint density at radius 1 is 1.25 bits per heavy atom. The van der Waals surface area contributed by atoms with E-state index in [4.69, 9.17) is 0 Å². The van der Waals surface area contributed by atoms with Crippen LogP contribution in [0.15, 0.2) is 35.1 Å². The Morgan fingerprint density at radius 2 is 1.86 bits per heavy atom. The van der Waals surface area contributed by atoms with E-state index in [1.165, 1.54) is 12.1 Å². The van der Waals surface area contributed by atoms with Crippen LogP contribution in [-0.2, 0) is 6.18 Å². The lowest BCUT2D eigenvalue weighted by molar-refractivity contribution is -0.137. The van der Waals surface area contributed by atoms with Crippen LogP contribution in [0.5, 0.6) is 0 Å². The van der Waals surface area contributed by atoms with Crippen molar-refractivity contribution in [2.75, 3.05) is 19.0 Å². The zero-order valence-corrected chi connectivity index (χ0v) is 15.7. The minimum atomic E-state index is -4.42. The number of hydrogen-bond acceptors (Lipinski definition) is 4. The summed E-state index contributed by atoms with van der Waals surface area (Å²) in [6.45, 7) is 1.96. The highest BCUT2D eigenvalue weighted by atomic mass is 19.4. The summed E-state index contributed by atoms with van der Waals surface area (Å²) in [5.74, 6) is -0.311. The third-order valence-corrected chi connectivity index (χ3v) is 4.97. The van der Waals surface area contributed by atoms with Gasteiger partial charge in [0, 0.05) is 20.2 Å². The molecule has 1 fully saturated rings. The number of rotatable bonds is 5. The van der Waals surface area contributed by atoms with Gasteiger partial charge in [-0.3, -0.25) is 14.6 Å². The number of anilines is 1. The van der Waals surface area contributed by atoms with E-state index in [0.717, 1.165) is 31.0 Å². The Morgan fingerprint density at radius 3 is 2.36 bits per heavy atom. The lowest BCUT2D eigenvalue weighted by Gasteiger charge is -2.26. The van der Waals surface area contributed by atoms with Crippen LogP contribution in [0.3, 0.4) is 0 Å². The fourth-order valence-corrected chi connectivity index (χ4v) is 2.99. The molecule has 0 bridgehead atoms. The maximum atomic E-state index is 12.8. The number of nitrogens with zero attached hydrogens (tertiary/aromatic N) is 2. The molecule has 28 heavy (non-hydrogen) atoms. The lowest BCUT2D eigenvalue weighted by Crippen LogP contribution is -2.35. The van der Waals surface area contributed by atoms with Crippen LogP contribution in [0.4, 0.5) is 19.1 Å². The van der Waals surface area contributed by atoms with Crippen molar-refractivity contribution in [3.63, 3.8) is 0 Å². The minimum Gasteiger partial charge on any atom is -0.348 e. The van der Waals surface area contributed by atoms with E-state index < -0.39 is 29.2 Å². The zero-order valence-electron chi connectivity index (χ0n) is 15.7. The summed E-state index contributed by atoms with van der Waals surface area (Å²) in [6.07, 6.45) is -2.74. The molecular weight excluding hydrogens is 373 g/mol. The smallest absolute Gasteiger partial charge is 0.348 e. The van der Waals surface area contributed by atoms with Crippen LogP contribution in [0.25, 0.3) is 0 Å². The number of amides is 1. The maximum Gasteiger partial charge on any atom is 0.416 e. The molecule has 1 heterocycles. The second kappa shape index (κ2) is 6.96. The number of nitrogens with one attached hydrogen (secondary N) is 2. The molecule has 1 aliphatic rings. The van der Waals surface area contributed by atoms with Crippen LogP contribution in [0.2, 0.25) is 0 Å². The van der Waals surface area contributed by atoms with E-state index in [1.54, 1.807) is 19.0 Å². The first-order valence-electron chi connectivity index (χ1n) is 8.76. The molecule has 0 unspecified atom stereocenters. The molecule has 1 aromatic carbocycles. The second-order valence-corrected chi connectivity index (χ2v) is 7.53. The standard InChI is InChI=1S/C19H21F3N4O2/c1-18(8-9-18)15(11-4-6-12(7-5-11)19(20,21)22)25-16(28)13-10-14(27)24-17(23-13)26(2)3/h4-7,10,15H,8-9H2,1-3H3,(H,25,28)(H,23,24,27)/t15-/m0/s1. The maximum absolute atomic E-state index is 12.8. The predicted octanol–water partition coefficient (Wildman–Crippen LogP) is 3.13. The Balaban J connectivity index is 1.88. The quantitative estimate of drug-likeness (QED) is 0.817. The van der Waals surface area contributed by atoms with Crippen molar-refractivity contribution >= 4 is 11.9 Å². The molecule has 0 saturated heterocycles. The van der Waals surface area contributed by atoms with E-state index in [2.05, 4.69) is 15.3 Å². The zero-order chi connectivity index (χ0) is 20.7. The molecule has 1 amide bonds. The molecule has 1 aromatic heterocycles. The molecule has 150 valence electrons. The number of halogens is 3. The van der Waals surface area contributed by atoms with E-state index in [9.17, 15) is 22.8 Å². The van der Waals surface area contributed by atoms with E-state index in [0.29, 0.717) is 5.56 Å². The minimum absolute atomic E-state index is 0.0476. The molecule has 6 nitrogen and oxygen atoms in total. The number of H-pyrrole nitrogens is 1. The largest absolute Gasteiger partial charge is 0.416 e. The molecule has 1 saturated carbocycles. The highest BCUT2D eigenvalue weighted by molar-refractivity contribution is 5.92. The summed E-state index contributed by atoms with van der Waals surface area (Å²) >= 11 is 0. The van der Waals surface area contributed by atoms with Gasteiger partial charge in [-0.2, -0.15) is 13.2 Å². The average molecular weight is 394 g/mol. The molecule has 3 rings (SSSR count). The van der Waals surface area contributed by atoms with Crippen molar-refractivity contribution in [3.8, 4) is 0 Å². The van der Waals surface area contributed by atoms with Gasteiger partial charge < -0.3 is 10.2 Å². The molecule has 0 aliphatic heterocycles. The topological polar surface area (TPSA) is 78.1 Å². The first-order valence-corrected chi connectivity index (χ1v) is 8.76. The van der Waals surface area contributed by atoms with E-state index in [1.807, 2.05) is 6.92 Å². The van der Waals surface area contributed by atoms with Gasteiger partial charge in [0.15, 0.2) is 0 Å². The number of carbonyl (C=O) groups is 1. The Bertz CT molecular complexity index is 931. The average Bonchev–Trinajstić information content (AvgIpc) is 3.36. The first-order chi connectivity index (χ1) is 13.0. The molecule has 9 heteroatoms. The molecule has 1 aliphatic carbocycles. The molecule has 1 atom stereocenters. The van der Waals surface area contributed by atoms with Crippen LogP contribution < -0.4 is 15.8 Å². The fourth-order valence-electron chi connectivity index (χ4n) is 2.99. The molecule has 2 N–H and O–H groups in total. The third-order valence-electron chi connectivity index (χ3n) is 4.97. The van der Waals surface area contributed by atoms with Gasteiger partial charge in [-0.25, -0.2) is 4.98 Å². The molecule has 0 spiro atoms. The van der Waals surface area contributed by atoms with Gasteiger partial charge >= 0.3 is 6.18 Å². The SMILES string of the molecule is CN(C)c1nc(C(=O)N[C@@H](c2ccc(C(F)(F)F)cc2)C2(C)CC2)cc(=O)[nH]1. The fraction of sp³-hybridized carbons (Fsp3) is 0.421. The lowest BCUT2D eigenvalue weighted by atomic mass is 9.91. The van der Waals surface area contributed by atoms with Crippen molar-refractivity contribution in [2.45, 2.75) is 32.0 Å². The van der Waals surface area contributed by atoms with Crippen molar-refractivity contribution in [1.29, 1.82) is 0 Å². The molecule has 0 radical (unpaired) electrons. The van der Waals surface area contributed by atoms with E-state index >= 15 is 0 Å². The Hall–Kier alpha value is -2.84. The number of benzene rings is 1. The van der Waals surface area contributed by atoms with Crippen LogP contribution in [0.1, 0.15) is 47.4 Å². The number of hydrogen-bond donors (Lipinski definition) is 2. The van der Waals surface area contributed by atoms with Crippen molar-refractivity contribution in [1.82, 2.24) is 15.3 Å². The number of aromatic nitrogens is 2. The van der Waals surface area contributed by atoms with Crippen LogP contribution in [-0.4, -0.2) is 30.0 Å². The normalized spacial score (nSPS) is 16.4. The molecule has 2 aromatic rings. The van der Waals surface area contributed by atoms with Crippen molar-refractivity contribution in [3.05, 3.63) is 57.5 Å². The van der Waals surface area contributed by atoms with Gasteiger partial charge in [0.2, 0.25) is 5.95 Å². The number of carbonyl (C=O) groups excluding carboxylic acids is 1. The van der Waals surface area contributed by atoms with Crippen LogP contribution >= 0.6 is 0 Å². The summed E-state index contributed by atoms with van der Waals surface area (Å²) in [4.78, 5) is 32.8. The Labute approximate surface area is 159 Å². The molecular formula is C19H21F3N4O2. The van der Waals surface area contributed by atoms with Crippen molar-refractivity contribution < 1.29 is 18.0 Å². The predicted molar refractivity (Wildman–Crippen MR) is 98.2 cm³/mol. The van der Waals surface area contributed by atoms with Gasteiger partial charge in [0.25, 0.3) is 11.5 Å². The third kappa shape index (κ3) is 4.18. The van der Waals surface area contributed by atoms with Gasteiger partial charge in [-0.05, 0) is 36.0 Å². The second-order valence-electron chi connectivity index (χ2n) is 7.53. The van der Waals surface area contributed by atoms with Crippen LogP contribution in [0, 0.1) is 5.41 Å². The van der Waals surface area contributed by atoms with Gasteiger partial charge in [0.1, 0.15) is 5.69 Å². The van der Waals surface area contributed by atoms with Gasteiger partial charge in [-0.15, -0.1) is 0 Å². The summed E-state index contributed by atoms with van der Waals surface area (Å²) in [5, 5.41) is 2.85. The summed E-state index contributed by atoms with van der Waals surface area (Å²) in [6, 6.07) is 5.40. The first kappa shape index (κ1) is 19.9. The van der Waals surface area contributed by atoms with Gasteiger partial charge in [0.05, 0.1) is 11.6 Å². The van der Waals surface area contributed by atoms with Gasteiger partial charge in [-0.1, -0.05) is 19.1 Å². The highest BCUT2D eigenvalue weighted by Crippen LogP contribution is 2.54. The van der Waals surface area contributed by atoms with E-state index in [-0.39, 0.29) is 17.1 Å². The summed E-state index contributed by atoms with van der Waals surface area (Å²) in [5.41, 5.74) is -0.921. The number of aromatic amines is 1. The Kier molecular flexibility index (Phi) is 4.95.